The normalized spacial score (nSPS) is 13.9. The van der Waals surface area contributed by atoms with Gasteiger partial charge >= 0.3 is 6.18 Å². The summed E-state index contributed by atoms with van der Waals surface area (Å²) in [6.45, 7) is 3.15. The standard InChI is InChI=1S/C27H22F3N9O.ClH/c1-15-3-4-18(34-25(40)21-12-17(5-7-31-21)27(28,29)30)13-19(15)20-11-16-14-33-26(35-22-6-9-38(2)37-22)36-23(16)39-10-8-32-24(20)39;/h3-7,9,11-14H,8,10H2,1-2H3,(H,34,40)(H,33,35,36,37);1H. The Hall–Kier alpha value is -4.78. The van der Waals surface area contributed by atoms with Gasteiger partial charge in [0.1, 0.15) is 17.3 Å². The molecule has 2 aliphatic heterocycles. The van der Waals surface area contributed by atoms with Crippen LogP contribution in [0.1, 0.15) is 32.7 Å². The van der Waals surface area contributed by atoms with Crippen molar-refractivity contribution in [2.24, 2.45) is 12.0 Å². The molecule has 1 aromatic carbocycles. The number of benzene rings is 1. The Morgan fingerprint density at radius 2 is 1.93 bits per heavy atom. The zero-order chi connectivity index (χ0) is 28.0. The second-order valence-electron chi connectivity index (χ2n) is 9.30. The van der Waals surface area contributed by atoms with E-state index in [1.165, 1.54) is 0 Å². The van der Waals surface area contributed by atoms with E-state index in [0.29, 0.717) is 36.4 Å². The molecule has 0 saturated carbocycles. The molecule has 0 radical (unpaired) electrons. The number of halogens is 4. The number of nitrogens with one attached hydrogen (secondary N) is 2. The summed E-state index contributed by atoms with van der Waals surface area (Å²) < 4.78 is 41.0. The quantitative estimate of drug-likeness (QED) is 0.336. The van der Waals surface area contributed by atoms with Crippen LogP contribution in [0.2, 0.25) is 0 Å². The number of hydrogen-bond acceptors (Lipinski definition) is 8. The highest BCUT2D eigenvalue weighted by molar-refractivity contribution is 6.36. The van der Waals surface area contributed by atoms with Gasteiger partial charge in [0.2, 0.25) is 5.95 Å². The molecule has 14 heteroatoms. The average Bonchev–Trinajstić information content (AvgIpc) is 3.58. The molecule has 10 nitrogen and oxygen atoms in total. The van der Waals surface area contributed by atoms with Crippen LogP contribution in [0.5, 0.6) is 0 Å². The van der Waals surface area contributed by atoms with Crippen LogP contribution in [0.3, 0.4) is 0 Å². The molecule has 0 unspecified atom stereocenters. The van der Waals surface area contributed by atoms with E-state index in [9.17, 15) is 18.0 Å². The number of amidine groups is 1. The molecule has 0 bridgehead atoms. The number of fused-ring (bicyclic) bond motifs is 3. The maximum Gasteiger partial charge on any atom is 0.416 e. The molecule has 0 spiro atoms. The lowest BCUT2D eigenvalue weighted by molar-refractivity contribution is -0.137. The summed E-state index contributed by atoms with van der Waals surface area (Å²) in [6, 6.07) is 8.66. The molecule has 0 atom stereocenters. The van der Waals surface area contributed by atoms with Crippen molar-refractivity contribution in [3.05, 3.63) is 82.9 Å². The van der Waals surface area contributed by atoms with Crippen molar-refractivity contribution in [1.82, 2.24) is 24.7 Å². The van der Waals surface area contributed by atoms with Gasteiger partial charge in [-0.3, -0.25) is 19.5 Å². The molecule has 0 aliphatic carbocycles. The van der Waals surface area contributed by atoms with Gasteiger partial charge in [-0.05, 0) is 48.4 Å². The zero-order valence-corrected chi connectivity index (χ0v) is 22.6. The number of carbonyl (C=O) groups excluding carboxylic acids is 1. The molecule has 2 aliphatic rings. The molecular weight excluding hydrogens is 559 g/mol. The summed E-state index contributed by atoms with van der Waals surface area (Å²) >= 11 is 0. The van der Waals surface area contributed by atoms with Crippen molar-refractivity contribution in [3.8, 4) is 0 Å². The highest BCUT2D eigenvalue weighted by Crippen LogP contribution is 2.37. The predicted octanol–water partition coefficient (Wildman–Crippen LogP) is 5.12. The SMILES string of the molecule is Cc1ccc(NC(=O)c2cc(C(F)(F)F)ccn2)cc1C1=Cc2cnc(Nc3ccn(C)n3)nc2N2CCN=C12.Cl. The third kappa shape index (κ3) is 5.48. The molecule has 210 valence electrons. The Morgan fingerprint density at radius 1 is 1.10 bits per heavy atom. The first-order valence-electron chi connectivity index (χ1n) is 12.3. The average molecular weight is 582 g/mol. The van der Waals surface area contributed by atoms with Crippen LogP contribution in [-0.2, 0) is 13.2 Å². The van der Waals surface area contributed by atoms with E-state index in [1.54, 1.807) is 23.0 Å². The number of pyridine rings is 1. The molecule has 41 heavy (non-hydrogen) atoms. The van der Waals surface area contributed by atoms with Crippen LogP contribution < -0.4 is 15.5 Å². The Kier molecular flexibility index (Phi) is 7.22. The summed E-state index contributed by atoms with van der Waals surface area (Å²) in [4.78, 5) is 32.5. The first-order chi connectivity index (χ1) is 19.2. The van der Waals surface area contributed by atoms with Gasteiger partial charge in [-0.1, -0.05) is 6.07 Å². The van der Waals surface area contributed by atoms with Crippen LogP contribution in [0.4, 0.5) is 36.4 Å². The van der Waals surface area contributed by atoms with Crippen LogP contribution >= 0.6 is 12.4 Å². The fourth-order valence-electron chi connectivity index (χ4n) is 4.57. The second-order valence-corrected chi connectivity index (χ2v) is 9.30. The van der Waals surface area contributed by atoms with Crippen molar-refractivity contribution < 1.29 is 18.0 Å². The molecule has 1 amide bonds. The van der Waals surface area contributed by atoms with Gasteiger partial charge in [0.05, 0.1) is 12.1 Å². The van der Waals surface area contributed by atoms with E-state index in [4.69, 9.17) is 9.98 Å². The summed E-state index contributed by atoms with van der Waals surface area (Å²) in [5.41, 5.74) is 2.49. The molecule has 0 fully saturated rings. The number of aliphatic imine (C=N–C) groups is 1. The van der Waals surface area contributed by atoms with Crippen molar-refractivity contribution in [2.45, 2.75) is 13.1 Å². The molecule has 0 saturated heterocycles. The Balaban J connectivity index is 0.00000337. The highest BCUT2D eigenvalue weighted by atomic mass is 35.5. The zero-order valence-electron chi connectivity index (χ0n) is 21.8. The Bertz CT molecular complexity index is 1710. The smallest absolute Gasteiger partial charge is 0.321 e. The van der Waals surface area contributed by atoms with Crippen LogP contribution in [-0.4, -0.2) is 49.6 Å². The third-order valence-electron chi connectivity index (χ3n) is 6.49. The van der Waals surface area contributed by atoms with Gasteiger partial charge in [0.15, 0.2) is 5.82 Å². The van der Waals surface area contributed by atoms with E-state index in [0.717, 1.165) is 46.4 Å². The topological polar surface area (TPSA) is 113 Å². The maximum absolute atomic E-state index is 13.1. The Labute approximate surface area is 238 Å². The number of amides is 1. The van der Waals surface area contributed by atoms with E-state index in [2.05, 4.69) is 25.7 Å². The number of anilines is 4. The van der Waals surface area contributed by atoms with Crippen molar-refractivity contribution in [3.63, 3.8) is 0 Å². The molecule has 3 aromatic heterocycles. The second kappa shape index (κ2) is 10.7. The van der Waals surface area contributed by atoms with Gasteiger partial charge in [-0.25, -0.2) is 4.98 Å². The van der Waals surface area contributed by atoms with Crippen LogP contribution in [0, 0.1) is 6.92 Å². The molecule has 6 rings (SSSR count). The number of carbonyl (C=O) groups is 1. The van der Waals surface area contributed by atoms with Crippen molar-refractivity contribution >= 4 is 59.1 Å². The fourth-order valence-corrected chi connectivity index (χ4v) is 4.57. The minimum atomic E-state index is -4.58. The first-order valence-corrected chi connectivity index (χ1v) is 12.3. The molecule has 4 aromatic rings. The van der Waals surface area contributed by atoms with Crippen molar-refractivity contribution in [1.29, 1.82) is 0 Å². The minimum absolute atomic E-state index is 0. The van der Waals surface area contributed by atoms with Gasteiger partial charge in [-0.15, -0.1) is 12.4 Å². The number of aryl methyl sites for hydroxylation is 2. The highest BCUT2D eigenvalue weighted by Gasteiger charge is 2.32. The van der Waals surface area contributed by atoms with Gasteiger partial charge < -0.3 is 15.5 Å². The maximum atomic E-state index is 13.1. The largest absolute Gasteiger partial charge is 0.416 e. The minimum Gasteiger partial charge on any atom is -0.321 e. The summed E-state index contributed by atoms with van der Waals surface area (Å²) in [5, 5.41) is 10.1. The lowest BCUT2D eigenvalue weighted by atomic mass is 9.94. The van der Waals surface area contributed by atoms with E-state index < -0.39 is 17.6 Å². The van der Waals surface area contributed by atoms with E-state index in [-0.39, 0.29) is 18.1 Å². The number of nitrogens with zero attached hydrogens (tertiary/aromatic N) is 7. The molecular formula is C27H23ClF3N9O. The van der Waals surface area contributed by atoms with Crippen LogP contribution in [0.15, 0.2) is 60.0 Å². The molecule has 5 heterocycles. The number of alkyl halides is 3. The fraction of sp³-hybridized carbons (Fsp3) is 0.185. The first kappa shape index (κ1) is 27.8. The van der Waals surface area contributed by atoms with Gasteiger partial charge in [0.25, 0.3) is 5.91 Å². The van der Waals surface area contributed by atoms with E-state index >= 15 is 0 Å². The van der Waals surface area contributed by atoms with Crippen LogP contribution in [0.25, 0.3) is 11.6 Å². The number of aromatic nitrogens is 5. The van der Waals surface area contributed by atoms with Gasteiger partial charge in [-0.2, -0.15) is 23.3 Å². The van der Waals surface area contributed by atoms with Gasteiger partial charge in [0, 0.05) is 55.1 Å². The number of rotatable bonds is 5. The lowest BCUT2D eigenvalue weighted by Gasteiger charge is -2.28. The summed E-state index contributed by atoms with van der Waals surface area (Å²) in [5.74, 6) is 1.74. The molecule has 2 N–H and O–H groups in total. The monoisotopic (exact) mass is 581 g/mol. The third-order valence-corrected chi connectivity index (χ3v) is 6.49. The van der Waals surface area contributed by atoms with E-state index in [1.807, 2.05) is 43.3 Å². The lowest BCUT2D eigenvalue weighted by Crippen LogP contribution is -2.32. The summed E-state index contributed by atoms with van der Waals surface area (Å²) in [7, 11) is 1.82. The number of hydrogen-bond donors (Lipinski definition) is 2. The summed E-state index contributed by atoms with van der Waals surface area (Å²) in [6.07, 6.45) is 1.88. The van der Waals surface area contributed by atoms with Crippen molar-refractivity contribution in [2.75, 3.05) is 28.6 Å². The predicted molar refractivity (Wildman–Crippen MR) is 152 cm³/mol. The Morgan fingerprint density at radius 3 is 2.68 bits per heavy atom.